The van der Waals surface area contributed by atoms with Gasteiger partial charge in [0.05, 0.1) is 6.10 Å². The quantitative estimate of drug-likeness (QED) is 0.695. The van der Waals surface area contributed by atoms with E-state index in [-0.39, 0.29) is 6.10 Å². The predicted molar refractivity (Wildman–Crippen MR) is 54.2 cm³/mol. The van der Waals surface area contributed by atoms with Crippen LogP contribution in [0.25, 0.3) is 0 Å². The maximum Gasteiger partial charge on any atom is 0.214 e. The number of pyridine rings is 1. The third-order valence-corrected chi connectivity index (χ3v) is 2.10. The average Bonchev–Trinajstić information content (AvgIpc) is 2.14. The standard InChI is InChI=1S/C10H14ClNO/c1-3-8(4-2)13-10-7-5-6-9(11)12-10/h5-8H,3-4H2,1-2H3. The number of ether oxygens (including phenoxy) is 1. The van der Waals surface area contributed by atoms with Gasteiger partial charge in [0.25, 0.3) is 0 Å². The van der Waals surface area contributed by atoms with Crippen LogP contribution >= 0.6 is 11.6 Å². The lowest BCUT2D eigenvalue weighted by atomic mass is 10.2. The Labute approximate surface area is 83.9 Å². The highest BCUT2D eigenvalue weighted by Gasteiger charge is 2.05. The summed E-state index contributed by atoms with van der Waals surface area (Å²) in [5.41, 5.74) is 0. The van der Waals surface area contributed by atoms with Crippen molar-refractivity contribution in [1.29, 1.82) is 0 Å². The fraction of sp³-hybridized carbons (Fsp3) is 0.500. The second kappa shape index (κ2) is 5.07. The Morgan fingerprint density at radius 3 is 2.62 bits per heavy atom. The summed E-state index contributed by atoms with van der Waals surface area (Å²) in [5, 5.41) is 0.475. The molecule has 1 rings (SSSR count). The molecule has 0 bridgehead atoms. The van der Waals surface area contributed by atoms with Gasteiger partial charge >= 0.3 is 0 Å². The highest BCUT2D eigenvalue weighted by atomic mass is 35.5. The fourth-order valence-corrected chi connectivity index (χ4v) is 1.24. The summed E-state index contributed by atoms with van der Waals surface area (Å²) < 4.78 is 5.60. The van der Waals surface area contributed by atoms with Crippen LogP contribution in [-0.2, 0) is 0 Å². The van der Waals surface area contributed by atoms with Crippen molar-refractivity contribution in [1.82, 2.24) is 4.98 Å². The van der Waals surface area contributed by atoms with Gasteiger partial charge in [0.2, 0.25) is 5.88 Å². The van der Waals surface area contributed by atoms with Crippen LogP contribution in [0.15, 0.2) is 18.2 Å². The zero-order chi connectivity index (χ0) is 9.68. The van der Waals surface area contributed by atoms with Crippen molar-refractivity contribution < 1.29 is 4.74 Å². The van der Waals surface area contributed by atoms with E-state index >= 15 is 0 Å². The topological polar surface area (TPSA) is 22.1 Å². The van der Waals surface area contributed by atoms with E-state index in [4.69, 9.17) is 16.3 Å². The zero-order valence-electron chi connectivity index (χ0n) is 7.96. The molecule has 1 heterocycles. The van der Waals surface area contributed by atoms with E-state index in [1.807, 2.05) is 12.1 Å². The largest absolute Gasteiger partial charge is 0.474 e. The number of rotatable bonds is 4. The molecule has 0 unspecified atom stereocenters. The zero-order valence-corrected chi connectivity index (χ0v) is 8.71. The molecule has 2 nitrogen and oxygen atoms in total. The molecule has 0 aliphatic heterocycles. The summed E-state index contributed by atoms with van der Waals surface area (Å²) in [6.07, 6.45) is 2.22. The van der Waals surface area contributed by atoms with Crippen molar-refractivity contribution >= 4 is 11.6 Å². The van der Waals surface area contributed by atoms with Gasteiger partial charge in [-0.25, -0.2) is 4.98 Å². The number of hydrogen-bond donors (Lipinski definition) is 0. The third-order valence-electron chi connectivity index (χ3n) is 1.89. The van der Waals surface area contributed by atoms with Crippen molar-refractivity contribution in [3.8, 4) is 5.88 Å². The molecule has 0 fully saturated rings. The highest BCUT2D eigenvalue weighted by Crippen LogP contribution is 2.14. The van der Waals surface area contributed by atoms with Crippen LogP contribution in [0.1, 0.15) is 26.7 Å². The van der Waals surface area contributed by atoms with Crippen molar-refractivity contribution in [2.24, 2.45) is 0 Å². The maximum absolute atomic E-state index is 5.72. The first kappa shape index (κ1) is 10.3. The summed E-state index contributed by atoms with van der Waals surface area (Å²) in [4.78, 5) is 4.05. The molecule has 1 aromatic rings. The van der Waals surface area contributed by atoms with Gasteiger partial charge in [0, 0.05) is 6.07 Å². The Hall–Kier alpha value is -0.760. The van der Waals surface area contributed by atoms with E-state index in [0.29, 0.717) is 11.0 Å². The molecule has 0 amide bonds. The van der Waals surface area contributed by atoms with Crippen LogP contribution in [0.4, 0.5) is 0 Å². The van der Waals surface area contributed by atoms with Gasteiger partial charge in [0.15, 0.2) is 0 Å². The lowest BCUT2D eigenvalue weighted by molar-refractivity contribution is 0.185. The van der Waals surface area contributed by atoms with E-state index in [1.165, 1.54) is 0 Å². The molecule has 0 aliphatic rings. The average molecular weight is 200 g/mol. The smallest absolute Gasteiger partial charge is 0.214 e. The van der Waals surface area contributed by atoms with E-state index in [2.05, 4.69) is 18.8 Å². The van der Waals surface area contributed by atoms with E-state index in [0.717, 1.165) is 12.8 Å². The number of nitrogens with zero attached hydrogens (tertiary/aromatic N) is 1. The Balaban J connectivity index is 2.62. The molecule has 0 atom stereocenters. The van der Waals surface area contributed by atoms with E-state index in [1.54, 1.807) is 6.07 Å². The van der Waals surface area contributed by atoms with Gasteiger partial charge in [-0.05, 0) is 18.9 Å². The molecule has 0 saturated heterocycles. The van der Waals surface area contributed by atoms with Gasteiger partial charge < -0.3 is 4.74 Å². The first-order valence-corrected chi connectivity index (χ1v) is 4.93. The minimum Gasteiger partial charge on any atom is -0.474 e. The van der Waals surface area contributed by atoms with Crippen LogP contribution in [0.2, 0.25) is 5.15 Å². The number of aromatic nitrogens is 1. The first-order chi connectivity index (χ1) is 6.26. The number of hydrogen-bond acceptors (Lipinski definition) is 2. The molecule has 72 valence electrons. The van der Waals surface area contributed by atoms with Crippen molar-refractivity contribution in [2.75, 3.05) is 0 Å². The first-order valence-electron chi connectivity index (χ1n) is 4.55. The molecule has 0 radical (unpaired) electrons. The Morgan fingerprint density at radius 1 is 1.38 bits per heavy atom. The maximum atomic E-state index is 5.72. The third kappa shape index (κ3) is 3.23. The van der Waals surface area contributed by atoms with Crippen LogP contribution in [0, 0.1) is 0 Å². The Kier molecular flexibility index (Phi) is 4.03. The van der Waals surface area contributed by atoms with Gasteiger partial charge in [-0.3, -0.25) is 0 Å². The minimum atomic E-state index is 0.242. The van der Waals surface area contributed by atoms with Gasteiger partial charge in [-0.2, -0.15) is 0 Å². The molecular formula is C10H14ClNO. The monoisotopic (exact) mass is 199 g/mol. The predicted octanol–water partition coefficient (Wildman–Crippen LogP) is 3.30. The normalized spacial score (nSPS) is 10.5. The van der Waals surface area contributed by atoms with Gasteiger partial charge in [0.1, 0.15) is 5.15 Å². The molecule has 0 spiro atoms. The lowest BCUT2D eigenvalue weighted by Gasteiger charge is -2.14. The molecule has 0 aromatic carbocycles. The van der Waals surface area contributed by atoms with Crippen molar-refractivity contribution in [3.63, 3.8) is 0 Å². The number of halogens is 1. The highest BCUT2D eigenvalue weighted by molar-refractivity contribution is 6.29. The molecule has 1 aromatic heterocycles. The van der Waals surface area contributed by atoms with Crippen molar-refractivity contribution in [2.45, 2.75) is 32.8 Å². The fourth-order valence-electron chi connectivity index (χ4n) is 1.08. The SMILES string of the molecule is CCC(CC)Oc1cccc(Cl)n1. The van der Waals surface area contributed by atoms with E-state index in [9.17, 15) is 0 Å². The second-order valence-electron chi connectivity index (χ2n) is 2.85. The Bertz CT molecular complexity index is 261. The molecular weight excluding hydrogens is 186 g/mol. The molecule has 3 heteroatoms. The lowest BCUT2D eigenvalue weighted by Crippen LogP contribution is -2.14. The summed E-state index contributed by atoms with van der Waals surface area (Å²) in [7, 11) is 0. The summed E-state index contributed by atoms with van der Waals surface area (Å²) in [5.74, 6) is 0.612. The molecule has 0 saturated carbocycles. The van der Waals surface area contributed by atoms with Crippen molar-refractivity contribution in [3.05, 3.63) is 23.4 Å². The summed E-state index contributed by atoms with van der Waals surface area (Å²) in [6.45, 7) is 4.19. The summed E-state index contributed by atoms with van der Waals surface area (Å²) in [6, 6.07) is 5.40. The van der Waals surface area contributed by atoms with Crippen LogP contribution in [0.5, 0.6) is 5.88 Å². The molecule has 0 N–H and O–H groups in total. The molecule has 0 aliphatic carbocycles. The second-order valence-corrected chi connectivity index (χ2v) is 3.24. The van der Waals surface area contributed by atoms with Gasteiger partial charge in [-0.15, -0.1) is 0 Å². The van der Waals surface area contributed by atoms with E-state index < -0.39 is 0 Å². The van der Waals surface area contributed by atoms with Crippen LogP contribution in [-0.4, -0.2) is 11.1 Å². The summed E-state index contributed by atoms with van der Waals surface area (Å²) >= 11 is 5.72. The molecule has 13 heavy (non-hydrogen) atoms. The van der Waals surface area contributed by atoms with Crippen LogP contribution in [0.3, 0.4) is 0 Å². The minimum absolute atomic E-state index is 0.242. The van der Waals surface area contributed by atoms with Crippen LogP contribution < -0.4 is 4.74 Å². The van der Waals surface area contributed by atoms with Gasteiger partial charge in [-0.1, -0.05) is 31.5 Å². The Morgan fingerprint density at radius 2 is 2.08 bits per heavy atom.